The number of benzene rings is 2. The summed E-state index contributed by atoms with van der Waals surface area (Å²) in [4.78, 5) is 24.2. The van der Waals surface area contributed by atoms with Gasteiger partial charge in [-0.3, -0.25) is 14.9 Å². The first-order valence-corrected chi connectivity index (χ1v) is 7.35. The monoisotopic (exact) mass is 336 g/mol. The third-order valence-corrected chi connectivity index (χ3v) is 3.42. The first-order chi connectivity index (χ1) is 11.9. The molecule has 2 rings (SSSR count). The molecule has 0 bridgehead atoms. The van der Waals surface area contributed by atoms with Gasteiger partial charge in [0.2, 0.25) is 0 Å². The molecule has 0 saturated heterocycles. The van der Waals surface area contributed by atoms with Gasteiger partial charge < -0.3 is 10.2 Å². The smallest absolute Gasteiger partial charge is 0.269 e. The van der Waals surface area contributed by atoms with Gasteiger partial charge in [-0.25, -0.2) is 0 Å². The molecule has 7 heteroatoms. The summed E-state index contributed by atoms with van der Waals surface area (Å²) in [5.41, 5.74) is 1.97. The molecule has 25 heavy (non-hydrogen) atoms. The largest absolute Gasteiger partial charge is 0.378 e. The van der Waals surface area contributed by atoms with Crippen LogP contribution in [0.4, 0.5) is 17.1 Å². The second-order valence-electron chi connectivity index (χ2n) is 5.41. The second kappa shape index (κ2) is 7.75. The van der Waals surface area contributed by atoms with Crippen molar-refractivity contribution in [3.05, 3.63) is 69.8 Å². The first kappa shape index (κ1) is 17.7. The summed E-state index contributed by atoms with van der Waals surface area (Å²) in [5.74, 6) is -0.576. The van der Waals surface area contributed by atoms with Crippen LogP contribution in [0.5, 0.6) is 0 Å². The molecule has 0 aliphatic heterocycles. The van der Waals surface area contributed by atoms with Crippen LogP contribution in [0, 0.1) is 21.4 Å². The number of nitro benzene ring substituents is 1. The molecular weight excluding hydrogens is 320 g/mol. The molecule has 0 heterocycles. The lowest BCUT2D eigenvalue weighted by Gasteiger charge is -2.11. The Morgan fingerprint density at radius 3 is 2.24 bits per heavy atom. The van der Waals surface area contributed by atoms with Gasteiger partial charge in [-0.2, -0.15) is 5.26 Å². The quantitative estimate of drug-likeness (QED) is 0.391. The van der Waals surface area contributed by atoms with E-state index in [0.717, 1.165) is 11.3 Å². The highest BCUT2D eigenvalue weighted by Gasteiger charge is 2.11. The maximum absolute atomic E-state index is 12.2. The van der Waals surface area contributed by atoms with Crippen LogP contribution in [0.15, 0.2) is 54.1 Å². The Morgan fingerprint density at radius 1 is 1.16 bits per heavy atom. The molecule has 126 valence electrons. The van der Waals surface area contributed by atoms with Crippen LogP contribution in [0.2, 0.25) is 0 Å². The van der Waals surface area contributed by atoms with E-state index in [1.165, 1.54) is 30.3 Å². The summed E-state index contributed by atoms with van der Waals surface area (Å²) in [7, 11) is 3.84. The van der Waals surface area contributed by atoms with Crippen molar-refractivity contribution >= 4 is 29.0 Å². The number of anilines is 2. The van der Waals surface area contributed by atoms with Crippen LogP contribution >= 0.6 is 0 Å². The minimum Gasteiger partial charge on any atom is -0.378 e. The van der Waals surface area contributed by atoms with Gasteiger partial charge in [-0.15, -0.1) is 0 Å². The highest BCUT2D eigenvalue weighted by molar-refractivity contribution is 6.09. The molecular formula is C18H16N4O3. The van der Waals surface area contributed by atoms with E-state index in [9.17, 15) is 20.2 Å². The van der Waals surface area contributed by atoms with Gasteiger partial charge in [0.15, 0.2) is 0 Å². The number of nitriles is 1. The molecule has 1 amide bonds. The maximum atomic E-state index is 12.2. The molecule has 0 radical (unpaired) electrons. The first-order valence-electron chi connectivity index (χ1n) is 7.35. The van der Waals surface area contributed by atoms with Crippen molar-refractivity contribution in [2.45, 2.75) is 0 Å². The van der Waals surface area contributed by atoms with E-state index in [1.807, 2.05) is 49.3 Å². The number of amides is 1. The van der Waals surface area contributed by atoms with E-state index in [2.05, 4.69) is 5.32 Å². The Hall–Kier alpha value is -3.66. The third-order valence-electron chi connectivity index (χ3n) is 3.42. The fourth-order valence-electron chi connectivity index (χ4n) is 2.05. The molecule has 1 N–H and O–H groups in total. The minimum atomic E-state index is -0.576. The lowest BCUT2D eigenvalue weighted by atomic mass is 10.1. The number of carbonyl (C=O) groups excluding carboxylic acids is 1. The molecule has 2 aromatic rings. The van der Waals surface area contributed by atoms with Crippen LogP contribution < -0.4 is 10.2 Å². The van der Waals surface area contributed by atoms with E-state index in [-0.39, 0.29) is 11.3 Å². The highest BCUT2D eigenvalue weighted by atomic mass is 16.6. The van der Waals surface area contributed by atoms with Gasteiger partial charge in [0.25, 0.3) is 11.6 Å². The molecule has 0 aliphatic carbocycles. The number of hydrogen-bond donors (Lipinski definition) is 1. The van der Waals surface area contributed by atoms with Crippen LogP contribution in [0.3, 0.4) is 0 Å². The van der Waals surface area contributed by atoms with E-state index in [4.69, 9.17) is 0 Å². The van der Waals surface area contributed by atoms with Crippen molar-refractivity contribution in [2.24, 2.45) is 0 Å². The summed E-state index contributed by atoms with van der Waals surface area (Å²) in [6.07, 6.45) is 1.49. The van der Waals surface area contributed by atoms with Crippen molar-refractivity contribution in [1.82, 2.24) is 0 Å². The maximum Gasteiger partial charge on any atom is 0.269 e. The van der Waals surface area contributed by atoms with Crippen molar-refractivity contribution in [2.75, 3.05) is 24.3 Å². The zero-order valence-corrected chi connectivity index (χ0v) is 13.8. The molecule has 0 unspecified atom stereocenters. The van der Waals surface area contributed by atoms with Gasteiger partial charge in [-0.05, 0) is 35.9 Å². The van der Waals surface area contributed by atoms with Gasteiger partial charge >= 0.3 is 0 Å². The highest BCUT2D eigenvalue weighted by Crippen LogP contribution is 2.17. The van der Waals surface area contributed by atoms with E-state index in [1.54, 1.807) is 0 Å². The van der Waals surface area contributed by atoms with Crippen molar-refractivity contribution in [3.8, 4) is 6.07 Å². The van der Waals surface area contributed by atoms with E-state index >= 15 is 0 Å². The van der Waals surface area contributed by atoms with Crippen molar-refractivity contribution in [3.63, 3.8) is 0 Å². The SMILES string of the molecule is CN(C)c1ccc(C=C(C#N)C(=O)Nc2ccc([N+](=O)[O-])cc2)cc1. The molecule has 0 aromatic heterocycles. The van der Waals surface area contributed by atoms with Crippen LogP contribution in [0.1, 0.15) is 5.56 Å². The molecule has 0 fully saturated rings. The lowest BCUT2D eigenvalue weighted by Crippen LogP contribution is -2.13. The second-order valence-corrected chi connectivity index (χ2v) is 5.41. The Bertz CT molecular complexity index is 847. The van der Waals surface area contributed by atoms with Crippen molar-refractivity contribution in [1.29, 1.82) is 5.26 Å². The molecule has 0 spiro atoms. The fraction of sp³-hybridized carbons (Fsp3) is 0.111. The Morgan fingerprint density at radius 2 is 1.76 bits per heavy atom. The predicted molar refractivity (Wildman–Crippen MR) is 96.1 cm³/mol. The van der Waals surface area contributed by atoms with Gasteiger partial charge in [-0.1, -0.05) is 12.1 Å². The van der Waals surface area contributed by atoms with Crippen molar-refractivity contribution < 1.29 is 9.72 Å². The normalized spacial score (nSPS) is 10.7. The Labute approximate surface area is 145 Å². The average molecular weight is 336 g/mol. The molecule has 2 aromatic carbocycles. The number of rotatable bonds is 5. The summed E-state index contributed by atoms with van der Waals surface area (Å²) < 4.78 is 0. The topological polar surface area (TPSA) is 99.3 Å². The zero-order valence-electron chi connectivity index (χ0n) is 13.8. The number of hydrogen-bond acceptors (Lipinski definition) is 5. The zero-order chi connectivity index (χ0) is 18.4. The van der Waals surface area contributed by atoms with Gasteiger partial charge in [0, 0.05) is 37.6 Å². The minimum absolute atomic E-state index is 0.0593. The molecule has 0 aliphatic rings. The summed E-state index contributed by atoms with van der Waals surface area (Å²) in [5, 5.41) is 22.4. The molecule has 0 saturated carbocycles. The van der Waals surface area contributed by atoms with Crippen LogP contribution in [-0.2, 0) is 4.79 Å². The Balaban J connectivity index is 2.14. The number of non-ortho nitro benzene ring substituents is 1. The van der Waals surface area contributed by atoms with Gasteiger partial charge in [0.1, 0.15) is 11.6 Å². The average Bonchev–Trinajstić information content (AvgIpc) is 2.60. The fourth-order valence-corrected chi connectivity index (χ4v) is 2.05. The summed E-state index contributed by atoms with van der Waals surface area (Å²) >= 11 is 0. The van der Waals surface area contributed by atoms with Gasteiger partial charge in [0.05, 0.1) is 4.92 Å². The number of nitrogens with one attached hydrogen (secondary N) is 1. The summed E-state index contributed by atoms with van der Waals surface area (Å²) in [6.45, 7) is 0. The van der Waals surface area contributed by atoms with E-state index in [0.29, 0.717) is 5.69 Å². The number of nitrogens with zero attached hydrogens (tertiary/aromatic N) is 3. The lowest BCUT2D eigenvalue weighted by molar-refractivity contribution is -0.384. The van der Waals surface area contributed by atoms with E-state index < -0.39 is 10.8 Å². The number of carbonyl (C=O) groups is 1. The van der Waals surface area contributed by atoms with Crippen LogP contribution in [-0.4, -0.2) is 24.9 Å². The summed E-state index contributed by atoms with van der Waals surface area (Å²) in [6, 6.07) is 14.7. The number of nitro groups is 1. The standard InChI is InChI=1S/C18H16N4O3/c1-21(2)16-7-3-13(4-8-16)11-14(12-19)18(23)20-15-5-9-17(10-6-15)22(24)25/h3-11H,1-2H3,(H,20,23). The Kier molecular flexibility index (Phi) is 5.48. The molecule has 7 nitrogen and oxygen atoms in total. The third kappa shape index (κ3) is 4.65. The molecule has 0 atom stereocenters. The van der Waals surface area contributed by atoms with Crippen LogP contribution in [0.25, 0.3) is 6.08 Å². The predicted octanol–water partition coefficient (Wildman–Crippen LogP) is 3.21.